The molecule has 0 bridgehead atoms. The molecule has 1 aromatic rings. The number of carbonyl (C=O) groups is 1. The third kappa shape index (κ3) is 2.74. The highest BCUT2D eigenvalue weighted by Gasteiger charge is 2.31. The van der Waals surface area contributed by atoms with Gasteiger partial charge in [0, 0.05) is 23.7 Å². The number of aryl methyl sites for hydroxylation is 1. The molecule has 2 heterocycles. The molecule has 2 aliphatic rings. The van der Waals surface area contributed by atoms with Crippen molar-refractivity contribution < 1.29 is 9.90 Å². The Morgan fingerprint density at radius 2 is 2.21 bits per heavy atom. The van der Waals surface area contributed by atoms with E-state index in [1.54, 1.807) is 11.3 Å². The minimum atomic E-state index is -0.718. The van der Waals surface area contributed by atoms with Crippen molar-refractivity contribution in [2.45, 2.75) is 31.6 Å². The Bertz CT molecular complexity index is 467. The van der Waals surface area contributed by atoms with E-state index in [9.17, 15) is 9.90 Å². The predicted molar refractivity (Wildman–Crippen MR) is 79.6 cm³/mol. The minimum Gasteiger partial charge on any atom is -0.481 e. The van der Waals surface area contributed by atoms with E-state index in [0.29, 0.717) is 0 Å². The molecule has 0 spiro atoms. The normalized spacial score (nSPS) is 23.8. The minimum absolute atomic E-state index is 0.380. The molecule has 6 heteroatoms. The van der Waals surface area contributed by atoms with Crippen molar-refractivity contribution in [3.8, 4) is 0 Å². The number of aromatic nitrogens is 1. The van der Waals surface area contributed by atoms with Crippen LogP contribution in [0.2, 0.25) is 0 Å². The van der Waals surface area contributed by atoms with E-state index in [1.807, 2.05) is 11.8 Å². The summed E-state index contributed by atoms with van der Waals surface area (Å²) >= 11 is 3.71. The number of carboxylic acid groups (broad SMARTS) is 1. The Morgan fingerprint density at radius 3 is 3.05 bits per heavy atom. The fourth-order valence-corrected chi connectivity index (χ4v) is 4.82. The summed E-state index contributed by atoms with van der Waals surface area (Å²) in [6.45, 7) is 2.09. The molecule has 19 heavy (non-hydrogen) atoms. The van der Waals surface area contributed by atoms with Crippen LogP contribution >= 0.6 is 23.1 Å². The van der Waals surface area contributed by atoms with Gasteiger partial charge in [-0.25, -0.2) is 4.98 Å². The smallest absolute Gasteiger partial charge is 0.312 e. The van der Waals surface area contributed by atoms with Crippen LogP contribution in [0.15, 0.2) is 0 Å². The highest BCUT2D eigenvalue weighted by atomic mass is 32.2. The Morgan fingerprint density at radius 1 is 1.32 bits per heavy atom. The fourth-order valence-electron chi connectivity index (χ4n) is 2.72. The topological polar surface area (TPSA) is 53.4 Å². The van der Waals surface area contributed by atoms with E-state index in [4.69, 9.17) is 0 Å². The molecular formula is C13H18N2O2S2. The summed E-state index contributed by atoms with van der Waals surface area (Å²) in [5, 5.41) is 10.3. The average molecular weight is 298 g/mol. The maximum Gasteiger partial charge on any atom is 0.312 e. The van der Waals surface area contributed by atoms with E-state index < -0.39 is 5.97 Å². The number of nitrogens with zero attached hydrogens (tertiary/aromatic N) is 2. The van der Waals surface area contributed by atoms with Crippen molar-refractivity contribution in [1.29, 1.82) is 0 Å². The lowest BCUT2D eigenvalue weighted by molar-refractivity contribution is -0.139. The van der Waals surface area contributed by atoms with Crippen molar-refractivity contribution in [2.75, 3.05) is 29.5 Å². The Labute approximate surface area is 121 Å². The second-order valence-electron chi connectivity index (χ2n) is 5.04. The molecule has 1 aliphatic carbocycles. The molecule has 1 aliphatic heterocycles. The summed E-state index contributed by atoms with van der Waals surface area (Å²) in [6, 6.07) is 0. The first kappa shape index (κ1) is 13.2. The molecule has 1 atom stereocenters. The largest absolute Gasteiger partial charge is 0.481 e. The number of carboxylic acids is 1. The van der Waals surface area contributed by atoms with Gasteiger partial charge in [0.25, 0.3) is 0 Å². The van der Waals surface area contributed by atoms with Gasteiger partial charge in [0.2, 0.25) is 0 Å². The summed E-state index contributed by atoms with van der Waals surface area (Å²) < 4.78 is 0. The highest BCUT2D eigenvalue weighted by molar-refractivity contribution is 7.99. The van der Waals surface area contributed by atoms with E-state index in [2.05, 4.69) is 9.88 Å². The number of anilines is 1. The zero-order chi connectivity index (χ0) is 13.2. The summed E-state index contributed by atoms with van der Waals surface area (Å²) in [6.07, 6.45) is 3.90. The number of aliphatic carboxylic acids is 1. The first-order chi connectivity index (χ1) is 9.25. The van der Waals surface area contributed by atoms with Crippen LogP contribution in [-0.4, -0.2) is 40.7 Å². The standard InChI is InChI=1S/C13H18N2O2S2/c16-12(17)9-3-1-4-10-11(9)14-13(19-10)15-5-2-7-18-8-6-15/h9H,1-8H2,(H,16,17). The Kier molecular flexibility index (Phi) is 3.98. The molecule has 1 unspecified atom stereocenters. The SMILES string of the molecule is O=C(O)C1CCCc2sc(N3CCCSCC3)nc21. The van der Waals surface area contributed by atoms with Crippen LogP contribution in [0.3, 0.4) is 0 Å². The molecule has 0 radical (unpaired) electrons. The molecule has 4 nitrogen and oxygen atoms in total. The second kappa shape index (κ2) is 5.71. The fraction of sp³-hybridized carbons (Fsp3) is 0.692. The van der Waals surface area contributed by atoms with Crippen LogP contribution in [0.25, 0.3) is 0 Å². The van der Waals surface area contributed by atoms with Gasteiger partial charge in [0.1, 0.15) is 5.92 Å². The lowest BCUT2D eigenvalue weighted by Crippen LogP contribution is -2.25. The van der Waals surface area contributed by atoms with Gasteiger partial charge >= 0.3 is 5.97 Å². The summed E-state index contributed by atoms with van der Waals surface area (Å²) in [5.74, 6) is 1.27. The molecule has 0 aromatic carbocycles. The van der Waals surface area contributed by atoms with Crippen LogP contribution in [0, 0.1) is 0 Å². The maximum atomic E-state index is 11.3. The quantitative estimate of drug-likeness (QED) is 0.909. The van der Waals surface area contributed by atoms with Gasteiger partial charge in [-0.2, -0.15) is 11.8 Å². The molecule has 1 saturated heterocycles. The van der Waals surface area contributed by atoms with E-state index in [0.717, 1.165) is 48.9 Å². The van der Waals surface area contributed by atoms with Gasteiger partial charge in [0.05, 0.1) is 5.69 Å². The van der Waals surface area contributed by atoms with E-state index in [1.165, 1.54) is 17.1 Å². The molecule has 0 saturated carbocycles. The van der Waals surface area contributed by atoms with Crippen molar-refractivity contribution in [2.24, 2.45) is 0 Å². The summed E-state index contributed by atoms with van der Waals surface area (Å²) in [7, 11) is 0. The number of thiazole rings is 1. The van der Waals surface area contributed by atoms with Crippen LogP contribution in [0.4, 0.5) is 5.13 Å². The number of rotatable bonds is 2. The van der Waals surface area contributed by atoms with Crippen LogP contribution < -0.4 is 4.90 Å². The van der Waals surface area contributed by atoms with E-state index >= 15 is 0 Å². The van der Waals surface area contributed by atoms with E-state index in [-0.39, 0.29) is 5.92 Å². The van der Waals surface area contributed by atoms with Crippen LogP contribution in [0.1, 0.15) is 35.8 Å². The Balaban J connectivity index is 1.86. The van der Waals surface area contributed by atoms with Gasteiger partial charge in [0.15, 0.2) is 5.13 Å². The highest BCUT2D eigenvalue weighted by Crippen LogP contribution is 2.38. The zero-order valence-electron chi connectivity index (χ0n) is 10.8. The molecule has 0 amide bonds. The number of thioether (sulfide) groups is 1. The summed E-state index contributed by atoms with van der Waals surface area (Å²) in [4.78, 5) is 19.5. The molecule has 1 aromatic heterocycles. The second-order valence-corrected chi connectivity index (χ2v) is 7.33. The van der Waals surface area contributed by atoms with Crippen molar-refractivity contribution in [3.05, 3.63) is 10.6 Å². The predicted octanol–water partition coefficient (Wildman–Crippen LogP) is 2.59. The lowest BCUT2D eigenvalue weighted by atomic mass is 9.91. The van der Waals surface area contributed by atoms with Gasteiger partial charge < -0.3 is 10.0 Å². The molecule has 1 fully saturated rings. The third-order valence-electron chi connectivity index (χ3n) is 3.73. The first-order valence-corrected chi connectivity index (χ1v) is 8.78. The van der Waals surface area contributed by atoms with Crippen molar-refractivity contribution >= 4 is 34.2 Å². The van der Waals surface area contributed by atoms with Crippen molar-refractivity contribution in [3.63, 3.8) is 0 Å². The van der Waals surface area contributed by atoms with Crippen LogP contribution in [0.5, 0.6) is 0 Å². The third-order valence-corrected chi connectivity index (χ3v) is 5.97. The number of hydrogen-bond acceptors (Lipinski definition) is 5. The number of hydrogen-bond donors (Lipinski definition) is 1. The maximum absolute atomic E-state index is 11.3. The zero-order valence-corrected chi connectivity index (χ0v) is 12.4. The number of fused-ring (bicyclic) bond motifs is 1. The van der Waals surface area contributed by atoms with Gasteiger partial charge in [-0.15, -0.1) is 11.3 Å². The molecular weight excluding hydrogens is 280 g/mol. The molecule has 104 valence electrons. The summed E-state index contributed by atoms with van der Waals surface area (Å²) in [5.41, 5.74) is 0.843. The first-order valence-electron chi connectivity index (χ1n) is 6.81. The molecule has 1 N–H and O–H groups in total. The lowest BCUT2D eigenvalue weighted by Gasteiger charge is -2.18. The van der Waals surface area contributed by atoms with Crippen molar-refractivity contribution in [1.82, 2.24) is 4.98 Å². The molecule has 3 rings (SSSR count). The van der Waals surface area contributed by atoms with Gasteiger partial charge in [-0.3, -0.25) is 4.79 Å². The van der Waals surface area contributed by atoms with Crippen LogP contribution in [-0.2, 0) is 11.2 Å². The van der Waals surface area contributed by atoms with Gasteiger partial charge in [-0.1, -0.05) is 0 Å². The monoisotopic (exact) mass is 298 g/mol. The van der Waals surface area contributed by atoms with Gasteiger partial charge in [-0.05, 0) is 31.4 Å². The Hall–Kier alpha value is -0.750. The average Bonchev–Trinajstić information content (AvgIpc) is 2.65.